The number of nitrogens with zero attached hydrogens (tertiary/aromatic N) is 2. The van der Waals surface area contributed by atoms with E-state index in [1.165, 1.54) is 35.1 Å². The number of pyridine rings is 1. The lowest BCUT2D eigenvalue weighted by Gasteiger charge is -2.15. The highest BCUT2D eigenvalue weighted by Gasteiger charge is 2.14. The van der Waals surface area contributed by atoms with Crippen molar-refractivity contribution in [3.05, 3.63) is 115 Å². The van der Waals surface area contributed by atoms with Crippen LogP contribution in [0.4, 0.5) is 5.82 Å². The van der Waals surface area contributed by atoms with Crippen LogP contribution in [0.25, 0.3) is 39.0 Å². The molecular weight excluding hydrogens is 494 g/mol. The zero-order chi connectivity index (χ0) is 28.3. The Morgan fingerprint density at radius 3 is 2.20 bits per heavy atom. The molecule has 1 aliphatic heterocycles. The number of furan rings is 1. The lowest BCUT2D eigenvalue weighted by Crippen LogP contribution is -2.18. The van der Waals surface area contributed by atoms with E-state index in [-0.39, 0.29) is 6.41 Å². The van der Waals surface area contributed by atoms with Crippen molar-refractivity contribution in [3.8, 4) is 22.5 Å². The van der Waals surface area contributed by atoms with Crippen LogP contribution >= 0.6 is 0 Å². The lowest BCUT2D eigenvalue weighted by molar-refractivity contribution is -0.106. The van der Waals surface area contributed by atoms with Gasteiger partial charge in [0.15, 0.2) is 0 Å². The normalized spacial score (nSPS) is 12.2. The molecule has 40 heavy (non-hydrogen) atoms. The van der Waals surface area contributed by atoms with Gasteiger partial charge in [0.25, 0.3) is 0 Å². The summed E-state index contributed by atoms with van der Waals surface area (Å²) in [6.07, 6.45) is 5.80. The quantitative estimate of drug-likeness (QED) is 0.232. The molecule has 0 bridgehead atoms. The number of carbonyl (C=O) groups excluding carboxylic acids is 1. The van der Waals surface area contributed by atoms with E-state index >= 15 is 0 Å². The fourth-order valence-electron chi connectivity index (χ4n) is 4.69. The number of hydrogen-bond donors (Lipinski definition) is 1. The summed E-state index contributed by atoms with van der Waals surface area (Å²) in [7, 11) is 0. The highest BCUT2D eigenvalue weighted by Crippen LogP contribution is 2.31. The molecule has 0 spiro atoms. The number of anilines is 1. The van der Waals surface area contributed by atoms with Gasteiger partial charge in [-0.05, 0) is 78.8 Å². The Bertz CT molecular complexity index is 1520. The van der Waals surface area contributed by atoms with Crippen LogP contribution in [0.1, 0.15) is 37.8 Å². The summed E-state index contributed by atoms with van der Waals surface area (Å²) >= 11 is 0. The summed E-state index contributed by atoms with van der Waals surface area (Å²) in [5.74, 6) is 1.93. The van der Waals surface area contributed by atoms with E-state index in [2.05, 4.69) is 108 Å². The second kappa shape index (κ2) is 13.9. The Labute approximate surface area is 237 Å². The van der Waals surface area contributed by atoms with Crippen molar-refractivity contribution in [1.29, 1.82) is 0 Å². The number of fused-ring (bicyclic) bond motifs is 1. The van der Waals surface area contributed by atoms with Crippen molar-refractivity contribution in [1.82, 2.24) is 4.98 Å². The molecular formula is C35H37N3O2. The molecule has 3 heterocycles. The van der Waals surface area contributed by atoms with Crippen molar-refractivity contribution >= 4 is 28.8 Å². The minimum absolute atomic E-state index is 0.250. The van der Waals surface area contributed by atoms with E-state index in [0.29, 0.717) is 0 Å². The van der Waals surface area contributed by atoms with Gasteiger partial charge in [-0.1, -0.05) is 79.7 Å². The van der Waals surface area contributed by atoms with Crippen LogP contribution in [-0.2, 0) is 11.2 Å². The number of allylic oxidation sites excluding steroid dienone is 1. The maximum atomic E-state index is 8.58. The lowest BCUT2D eigenvalue weighted by atomic mass is 10.0. The van der Waals surface area contributed by atoms with E-state index < -0.39 is 0 Å². The van der Waals surface area contributed by atoms with E-state index in [1.54, 1.807) is 0 Å². The number of rotatable bonds is 5. The van der Waals surface area contributed by atoms with Gasteiger partial charge in [-0.3, -0.25) is 4.79 Å². The van der Waals surface area contributed by atoms with Gasteiger partial charge in [0.2, 0.25) is 6.41 Å². The molecule has 3 aromatic carbocycles. The molecule has 204 valence electrons. The van der Waals surface area contributed by atoms with E-state index in [9.17, 15) is 0 Å². The molecule has 5 aromatic rings. The molecule has 0 unspecified atom stereocenters. The summed E-state index contributed by atoms with van der Waals surface area (Å²) in [5, 5.41) is 1.12. The molecule has 2 N–H and O–H groups in total. The van der Waals surface area contributed by atoms with Crippen molar-refractivity contribution in [3.63, 3.8) is 0 Å². The first-order chi connectivity index (χ1) is 19.5. The summed E-state index contributed by atoms with van der Waals surface area (Å²) in [6, 6.07) is 31.6. The fraction of sp³-hybridized carbons (Fsp3) is 0.200. The van der Waals surface area contributed by atoms with Gasteiger partial charge in [0.1, 0.15) is 17.2 Å². The van der Waals surface area contributed by atoms with Gasteiger partial charge in [-0.25, -0.2) is 4.98 Å². The molecule has 1 amide bonds. The van der Waals surface area contributed by atoms with Gasteiger partial charge >= 0.3 is 0 Å². The van der Waals surface area contributed by atoms with Gasteiger partial charge in [-0.15, -0.1) is 0 Å². The number of carbonyl (C=O) groups is 1. The van der Waals surface area contributed by atoms with Crippen LogP contribution in [0.15, 0.2) is 108 Å². The van der Waals surface area contributed by atoms with Gasteiger partial charge in [-0.2, -0.15) is 0 Å². The van der Waals surface area contributed by atoms with E-state index in [1.807, 2.05) is 25.3 Å². The Morgan fingerprint density at radius 2 is 1.60 bits per heavy atom. The summed E-state index contributed by atoms with van der Waals surface area (Å²) < 4.78 is 6.06. The smallest absolute Gasteiger partial charge is 0.204 e. The van der Waals surface area contributed by atoms with Crippen molar-refractivity contribution in [2.75, 3.05) is 18.0 Å². The maximum Gasteiger partial charge on any atom is 0.204 e. The van der Waals surface area contributed by atoms with Gasteiger partial charge < -0.3 is 15.1 Å². The first kappa shape index (κ1) is 28.4. The second-order valence-electron chi connectivity index (χ2n) is 9.80. The van der Waals surface area contributed by atoms with Gasteiger partial charge in [0, 0.05) is 30.2 Å². The third-order valence-corrected chi connectivity index (χ3v) is 6.94. The molecule has 6 rings (SSSR count). The van der Waals surface area contributed by atoms with Crippen molar-refractivity contribution in [2.24, 2.45) is 5.73 Å². The highest BCUT2D eigenvalue weighted by atomic mass is 16.3. The van der Waals surface area contributed by atoms with Crippen LogP contribution in [0.2, 0.25) is 0 Å². The minimum atomic E-state index is 0.250. The molecule has 0 atom stereocenters. The number of hydrogen-bond acceptors (Lipinski definition) is 4. The van der Waals surface area contributed by atoms with E-state index in [4.69, 9.17) is 9.21 Å². The van der Waals surface area contributed by atoms with Crippen molar-refractivity contribution in [2.45, 2.75) is 33.1 Å². The molecule has 2 aromatic heterocycles. The third kappa shape index (κ3) is 7.26. The Hall–Kier alpha value is -4.64. The molecule has 1 fully saturated rings. The first-order valence-corrected chi connectivity index (χ1v) is 13.7. The number of nitrogens with two attached hydrogens (primary N) is 1. The van der Waals surface area contributed by atoms with Crippen LogP contribution in [0, 0.1) is 0 Å². The standard InChI is InChI=1S/C23H20N2O.C11H14.CH3NO/c1-2-6-17(7-3-1)18-8-10-21-20(14-18)15-22(26-21)19-9-11-23(24-16-19)25-12-4-5-13-25;1-4-10-5-7-11(8-6-10)9(2)3;2-1-3/h1-3,6-11,14-16H,4-5,12-13H2;5-8H,2,4H2,1,3H3;1H,(H2,2,3). The molecule has 5 heteroatoms. The van der Waals surface area contributed by atoms with Crippen LogP contribution in [0.5, 0.6) is 0 Å². The molecule has 0 saturated carbocycles. The molecule has 5 nitrogen and oxygen atoms in total. The summed E-state index contributed by atoms with van der Waals surface area (Å²) in [6.45, 7) is 10.3. The molecule has 1 aliphatic rings. The van der Waals surface area contributed by atoms with Crippen molar-refractivity contribution < 1.29 is 9.21 Å². The summed E-state index contributed by atoms with van der Waals surface area (Å²) in [4.78, 5) is 15.6. The maximum absolute atomic E-state index is 8.58. The number of amides is 1. The van der Waals surface area contributed by atoms with Gasteiger partial charge in [0.05, 0.1) is 0 Å². The SMILES string of the molecule is C=C(C)c1ccc(CC)cc1.NC=O.c1ccc(-c2ccc3oc(-c4ccc(N5CCCC5)nc4)cc3c2)cc1. The number of aryl methyl sites for hydroxylation is 1. The average molecular weight is 532 g/mol. The fourth-order valence-corrected chi connectivity index (χ4v) is 4.69. The number of aromatic nitrogens is 1. The monoisotopic (exact) mass is 531 g/mol. The second-order valence-corrected chi connectivity index (χ2v) is 9.80. The predicted molar refractivity (Wildman–Crippen MR) is 167 cm³/mol. The Morgan fingerprint density at radius 1 is 0.925 bits per heavy atom. The Kier molecular flexibility index (Phi) is 9.89. The predicted octanol–water partition coefficient (Wildman–Crippen LogP) is 8.15. The summed E-state index contributed by atoms with van der Waals surface area (Å²) in [5.41, 5.74) is 12.3. The topological polar surface area (TPSA) is 72.4 Å². The minimum Gasteiger partial charge on any atom is -0.456 e. The molecule has 0 radical (unpaired) electrons. The first-order valence-electron chi connectivity index (χ1n) is 13.7. The molecule has 0 aliphatic carbocycles. The third-order valence-electron chi connectivity index (χ3n) is 6.94. The molecule has 1 saturated heterocycles. The van der Waals surface area contributed by atoms with Crippen LogP contribution in [-0.4, -0.2) is 24.5 Å². The average Bonchev–Trinajstić information content (AvgIpc) is 3.69. The zero-order valence-electron chi connectivity index (χ0n) is 23.3. The Balaban J connectivity index is 0.000000222. The number of benzene rings is 3. The van der Waals surface area contributed by atoms with Crippen LogP contribution in [0.3, 0.4) is 0 Å². The number of primary amides is 1. The zero-order valence-corrected chi connectivity index (χ0v) is 23.3. The van der Waals surface area contributed by atoms with Crippen LogP contribution < -0.4 is 10.6 Å². The highest BCUT2D eigenvalue weighted by molar-refractivity contribution is 5.87. The van der Waals surface area contributed by atoms with E-state index in [0.717, 1.165) is 53.2 Å². The largest absolute Gasteiger partial charge is 0.456 e.